The maximum absolute atomic E-state index is 12.5. The number of aryl methyl sites for hydroxylation is 1. The van der Waals surface area contributed by atoms with Crippen molar-refractivity contribution in [2.24, 2.45) is 0 Å². The van der Waals surface area contributed by atoms with Gasteiger partial charge >= 0.3 is 17.9 Å². The number of amides is 1. The number of hydrogen-bond donors (Lipinski definition) is 3. The van der Waals surface area contributed by atoms with Gasteiger partial charge in [-0.25, -0.2) is 10.3 Å². The summed E-state index contributed by atoms with van der Waals surface area (Å²) in [7, 11) is 0. The zero-order valence-corrected chi connectivity index (χ0v) is 26.5. The molecular formula is C34H41N3O9. The van der Waals surface area contributed by atoms with E-state index in [1.54, 1.807) is 6.08 Å². The summed E-state index contributed by atoms with van der Waals surface area (Å²) in [6.45, 7) is 7.21. The molecule has 3 N–H and O–H groups in total. The van der Waals surface area contributed by atoms with Crippen molar-refractivity contribution >= 4 is 34.7 Å². The maximum atomic E-state index is 12.5. The molecule has 12 nitrogen and oxygen atoms in total. The Labute approximate surface area is 267 Å². The second kappa shape index (κ2) is 16.7. The second-order valence-electron chi connectivity index (χ2n) is 11.1. The number of rotatable bonds is 14. The lowest BCUT2D eigenvalue weighted by Crippen LogP contribution is -2.55. The maximum Gasteiger partial charge on any atom is 0.303 e. The van der Waals surface area contributed by atoms with Gasteiger partial charge in [0.25, 0.3) is 5.91 Å². The molecule has 1 fully saturated rings. The smallest absolute Gasteiger partial charge is 0.303 e. The molecule has 0 spiro atoms. The molecule has 1 aliphatic heterocycles. The molecule has 2 aromatic carbocycles. The Hall–Kier alpha value is -4.52. The number of hydrogen-bond acceptors (Lipinski definition) is 10. The molecule has 1 aliphatic rings. The van der Waals surface area contributed by atoms with E-state index in [4.69, 9.17) is 23.8 Å². The van der Waals surface area contributed by atoms with Crippen LogP contribution < -0.4 is 10.8 Å². The number of nitrogens with one attached hydrogen (secondary N) is 3. The molecule has 2 heterocycles. The molecule has 4 rings (SSSR count). The molecule has 0 unspecified atom stereocenters. The van der Waals surface area contributed by atoms with Gasteiger partial charge in [-0.3, -0.25) is 19.2 Å². The third-order valence-electron chi connectivity index (χ3n) is 7.38. The number of allylic oxidation sites excluding steroid dienone is 1. The van der Waals surface area contributed by atoms with Gasteiger partial charge in [0.05, 0.1) is 6.10 Å². The molecule has 0 radical (unpaired) electrons. The van der Waals surface area contributed by atoms with Crippen LogP contribution in [-0.4, -0.2) is 66.6 Å². The summed E-state index contributed by atoms with van der Waals surface area (Å²) >= 11 is 0. The number of carbonyl (C=O) groups excluding carboxylic acids is 4. The first-order valence-electron chi connectivity index (χ1n) is 15.2. The van der Waals surface area contributed by atoms with Crippen LogP contribution >= 0.6 is 0 Å². The summed E-state index contributed by atoms with van der Waals surface area (Å²) in [5.74, 6) is -2.37. The van der Waals surface area contributed by atoms with Gasteiger partial charge in [0, 0.05) is 56.4 Å². The summed E-state index contributed by atoms with van der Waals surface area (Å²) in [6, 6.07) is 16.5. The number of hydroxylamine groups is 1. The Morgan fingerprint density at radius 3 is 2.39 bits per heavy atom. The number of aromatic amines is 1. The zero-order chi connectivity index (χ0) is 33.1. The molecule has 1 saturated heterocycles. The average Bonchev–Trinajstić information content (AvgIpc) is 3.33. The highest BCUT2D eigenvalue weighted by atomic mass is 16.8. The quantitative estimate of drug-likeness (QED) is 0.0789. The van der Waals surface area contributed by atoms with E-state index in [0.717, 1.165) is 36.2 Å². The first-order chi connectivity index (χ1) is 22.1. The Kier molecular flexibility index (Phi) is 12.5. The van der Waals surface area contributed by atoms with Gasteiger partial charge in [0.2, 0.25) is 6.29 Å². The van der Waals surface area contributed by atoms with Crippen molar-refractivity contribution in [3.63, 3.8) is 0 Å². The van der Waals surface area contributed by atoms with Crippen LogP contribution in [0, 0.1) is 6.92 Å². The van der Waals surface area contributed by atoms with Gasteiger partial charge < -0.3 is 29.2 Å². The van der Waals surface area contributed by atoms with Crippen LogP contribution in [0.2, 0.25) is 0 Å². The minimum absolute atomic E-state index is 0.0814. The summed E-state index contributed by atoms with van der Waals surface area (Å²) in [4.78, 5) is 56.1. The van der Waals surface area contributed by atoms with E-state index in [-0.39, 0.29) is 13.0 Å². The number of fused-ring (bicyclic) bond motifs is 1. The second-order valence-corrected chi connectivity index (χ2v) is 11.1. The fraction of sp³-hybridized carbons (Fsp3) is 0.412. The van der Waals surface area contributed by atoms with Crippen molar-refractivity contribution in [3.05, 3.63) is 83.1 Å². The first-order valence-corrected chi connectivity index (χ1v) is 15.2. The Balaban J connectivity index is 1.23. The van der Waals surface area contributed by atoms with Crippen LogP contribution in [-0.2, 0) is 62.3 Å². The van der Waals surface area contributed by atoms with E-state index in [9.17, 15) is 19.2 Å². The summed E-state index contributed by atoms with van der Waals surface area (Å²) in [5.41, 5.74) is 8.14. The predicted octanol–water partition coefficient (Wildman–Crippen LogP) is 3.50. The topological polar surface area (TPSA) is 154 Å². The van der Waals surface area contributed by atoms with Crippen molar-refractivity contribution in [1.82, 2.24) is 15.8 Å². The van der Waals surface area contributed by atoms with Crippen LogP contribution in [0.25, 0.3) is 10.9 Å². The lowest BCUT2D eigenvalue weighted by molar-refractivity contribution is -0.292. The van der Waals surface area contributed by atoms with Crippen molar-refractivity contribution in [2.45, 2.75) is 78.1 Å². The highest BCUT2D eigenvalue weighted by Crippen LogP contribution is 2.27. The third-order valence-corrected chi connectivity index (χ3v) is 7.38. The van der Waals surface area contributed by atoms with Crippen LogP contribution in [0.4, 0.5) is 0 Å². The number of aromatic nitrogens is 1. The standard InChI is InChI=1S/C34H41N3O9/c1-21-28(29-9-5-6-10-30(29)36-21)16-17-35-19-26-14-12-25(13-15-26)8-7-11-32(41)37-46-34-33(44-24(4)40)31(43-23(3)39)18-27(45-34)20-42-22(2)38/h5-7,9-15,27,31,33-36H,8,16-20H2,1-4H3,(H,37,41)/b11-7+/t27-,31-,33+,34-/m0/s1. The largest absolute Gasteiger partial charge is 0.463 e. The van der Waals surface area contributed by atoms with Crippen molar-refractivity contribution in [2.75, 3.05) is 13.2 Å². The highest BCUT2D eigenvalue weighted by molar-refractivity contribution is 5.86. The first kappa shape index (κ1) is 34.4. The summed E-state index contributed by atoms with van der Waals surface area (Å²) < 4.78 is 21.4. The van der Waals surface area contributed by atoms with Crippen molar-refractivity contribution < 1.29 is 43.0 Å². The number of esters is 3. The lowest BCUT2D eigenvalue weighted by atomic mass is 10.0. The van der Waals surface area contributed by atoms with E-state index >= 15 is 0 Å². The molecule has 3 aromatic rings. The molecule has 1 aromatic heterocycles. The fourth-order valence-corrected chi connectivity index (χ4v) is 5.30. The lowest BCUT2D eigenvalue weighted by Gasteiger charge is -2.39. The van der Waals surface area contributed by atoms with Gasteiger partial charge in [-0.05, 0) is 49.1 Å². The average molecular weight is 636 g/mol. The number of para-hydroxylation sites is 1. The molecule has 0 bridgehead atoms. The summed E-state index contributed by atoms with van der Waals surface area (Å²) in [5, 5.41) is 4.78. The molecule has 1 amide bonds. The number of H-pyrrole nitrogens is 1. The molecule has 0 aliphatic carbocycles. The van der Waals surface area contributed by atoms with Crippen LogP contribution in [0.15, 0.2) is 60.7 Å². The molecule has 46 heavy (non-hydrogen) atoms. The van der Waals surface area contributed by atoms with Crippen LogP contribution in [0.3, 0.4) is 0 Å². The third kappa shape index (κ3) is 10.3. The van der Waals surface area contributed by atoms with E-state index < -0.39 is 48.4 Å². The van der Waals surface area contributed by atoms with Crippen molar-refractivity contribution in [1.29, 1.82) is 0 Å². The van der Waals surface area contributed by atoms with Crippen LogP contribution in [0.1, 0.15) is 49.6 Å². The Morgan fingerprint density at radius 1 is 0.957 bits per heavy atom. The fourth-order valence-electron chi connectivity index (χ4n) is 5.30. The summed E-state index contributed by atoms with van der Waals surface area (Å²) in [6.07, 6.45) is 0.349. The predicted molar refractivity (Wildman–Crippen MR) is 168 cm³/mol. The van der Waals surface area contributed by atoms with Gasteiger partial charge in [-0.15, -0.1) is 0 Å². The van der Waals surface area contributed by atoms with Gasteiger partial charge in [0.15, 0.2) is 6.10 Å². The highest BCUT2D eigenvalue weighted by Gasteiger charge is 2.44. The number of carbonyl (C=O) groups is 4. The van der Waals surface area contributed by atoms with Crippen molar-refractivity contribution in [3.8, 4) is 0 Å². The van der Waals surface area contributed by atoms with Crippen LogP contribution in [0.5, 0.6) is 0 Å². The monoisotopic (exact) mass is 635 g/mol. The van der Waals surface area contributed by atoms with Gasteiger partial charge in [0.1, 0.15) is 12.7 Å². The normalized spacial score (nSPS) is 19.6. The molecular weight excluding hydrogens is 594 g/mol. The van der Waals surface area contributed by atoms with E-state index in [1.807, 2.05) is 18.2 Å². The number of ether oxygens (including phenoxy) is 4. The molecule has 0 saturated carbocycles. The minimum Gasteiger partial charge on any atom is -0.463 e. The molecule has 4 atom stereocenters. The Bertz CT molecular complexity index is 1530. The Morgan fingerprint density at radius 2 is 1.67 bits per heavy atom. The van der Waals surface area contributed by atoms with E-state index in [0.29, 0.717) is 6.42 Å². The van der Waals surface area contributed by atoms with Gasteiger partial charge in [-0.1, -0.05) is 48.5 Å². The molecule has 12 heteroatoms. The van der Waals surface area contributed by atoms with E-state index in [2.05, 4.69) is 53.0 Å². The zero-order valence-electron chi connectivity index (χ0n) is 26.5. The van der Waals surface area contributed by atoms with E-state index in [1.165, 1.54) is 43.5 Å². The number of benzene rings is 2. The van der Waals surface area contributed by atoms with Gasteiger partial charge in [-0.2, -0.15) is 0 Å². The minimum atomic E-state index is -1.33. The molecule has 246 valence electrons. The SMILES string of the molecule is CC(=O)OC[C@@H]1C[C@H](OC(C)=O)[C@@H](OC(C)=O)[C@H](ONC(=O)/C=C/Cc2ccc(CNCCc3c(C)[nH]c4ccccc34)cc2)O1.